The van der Waals surface area contributed by atoms with Crippen LogP contribution in [0.1, 0.15) is 11.1 Å². The van der Waals surface area contributed by atoms with E-state index in [9.17, 15) is 0 Å². The molecule has 3 rings (SSSR count). The van der Waals surface area contributed by atoms with E-state index in [0.717, 1.165) is 27.4 Å². The van der Waals surface area contributed by atoms with Gasteiger partial charge in [0, 0.05) is 40.8 Å². The maximum atomic E-state index is 7.62. The zero-order valence-corrected chi connectivity index (χ0v) is 14.2. The summed E-state index contributed by atoms with van der Waals surface area (Å²) in [5.74, 6) is -0.0553. The number of nitrogens with one attached hydrogen (secondary N) is 2. The van der Waals surface area contributed by atoms with Crippen LogP contribution in [0.5, 0.6) is 0 Å². The van der Waals surface area contributed by atoms with Gasteiger partial charge in [-0.15, -0.1) is 0 Å². The zero-order valence-electron chi connectivity index (χ0n) is 13.5. The van der Waals surface area contributed by atoms with Crippen molar-refractivity contribution in [2.45, 2.75) is 6.54 Å². The standard InChI is InChI=1S/C19H18ClN5/c20-17-4-2-1-3-13(17)10-25-15-7-14(9-24-11-15)12-5-6-18(21)16(8-12)19(22)23/h1-9,11,25H,10,21H2,(H3,22,23). The molecule has 0 saturated heterocycles. The SMILES string of the molecule is N=C(N)c1cc(-c2cncc(NCc3ccccc3Cl)c2)ccc1N. The van der Waals surface area contributed by atoms with E-state index in [2.05, 4.69) is 10.3 Å². The number of hydrogen-bond acceptors (Lipinski definition) is 4. The molecule has 1 aromatic heterocycles. The molecule has 1 heterocycles. The Balaban J connectivity index is 1.83. The first-order valence-corrected chi connectivity index (χ1v) is 8.09. The molecule has 0 radical (unpaired) electrons. The molecule has 0 amide bonds. The normalized spacial score (nSPS) is 10.4. The summed E-state index contributed by atoms with van der Waals surface area (Å²) in [7, 11) is 0. The average Bonchev–Trinajstić information content (AvgIpc) is 2.61. The van der Waals surface area contributed by atoms with Crippen molar-refractivity contribution in [2.24, 2.45) is 5.73 Å². The van der Waals surface area contributed by atoms with E-state index in [1.807, 2.05) is 36.4 Å². The van der Waals surface area contributed by atoms with Gasteiger partial charge in [-0.1, -0.05) is 35.9 Å². The molecule has 126 valence electrons. The first-order chi connectivity index (χ1) is 12.0. The molecule has 3 aromatic rings. The summed E-state index contributed by atoms with van der Waals surface area (Å²) in [6, 6.07) is 15.1. The van der Waals surface area contributed by atoms with Gasteiger partial charge in [-0.3, -0.25) is 10.4 Å². The van der Waals surface area contributed by atoms with E-state index >= 15 is 0 Å². The van der Waals surface area contributed by atoms with Gasteiger partial charge in [0.2, 0.25) is 0 Å². The molecule has 6 heteroatoms. The fraction of sp³-hybridized carbons (Fsp3) is 0.0526. The number of nitrogens with zero attached hydrogens (tertiary/aromatic N) is 1. The Kier molecular flexibility index (Phi) is 4.86. The van der Waals surface area contributed by atoms with Gasteiger partial charge >= 0.3 is 0 Å². The highest BCUT2D eigenvalue weighted by Gasteiger charge is 2.07. The van der Waals surface area contributed by atoms with Crippen molar-refractivity contribution in [3.05, 3.63) is 77.1 Å². The van der Waals surface area contributed by atoms with Gasteiger partial charge in [0.25, 0.3) is 0 Å². The fourth-order valence-electron chi connectivity index (χ4n) is 2.50. The third-order valence-corrected chi connectivity index (χ3v) is 4.22. The summed E-state index contributed by atoms with van der Waals surface area (Å²) in [5, 5.41) is 11.7. The third kappa shape index (κ3) is 3.89. The molecule has 0 bridgehead atoms. The molecular weight excluding hydrogens is 334 g/mol. The second-order valence-electron chi connectivity index (χ2n) is 5.62. The quantitative estimate of drug-likeness (QED) is 0.318. The molecule has 2 aromatic carbocycles. The summed E-state index contributed by atoms with van der Waals surface area (Å²) < 4.78 is 0. The van der Waals surface area contributed by atoms with Crippen molar-refractivity contribution >= 4 is 28.8 Å². The van der Waals surface area contributed by atoms with Gasteiger partial charge in [-0.2, -0.15) is 0 Å². The number of anilines is 2. The topological polar surface area (TPSA) is 101 Å². The van der Waals surface area contributed by atoms with E-state index in [1.54, 1.807) is 24.5 Å². The van der Waals surface area contributed by atoms with Crippen LogP contribution in [0.25, 0.3) is 11.1 Å². The second-order valence-corrected chi connectivity index (χ2v) is 6.03. The van der Waals surface area contributed by atoms with Crippen molar-refractivity contribution in [2.75, 3.05) is 11.1 Å². The predicted octanol–water partition coefficient (Wildman–Crippen LogP) is 3.88. The largest absolute Gasteiger partial charge is 0.398 e. The van der Waals surface area contributed by atoms with E-state index < -0.39 is 0 Å². The smallest absolute Gasteiger partial charge is 0.124 e. The minimum Gasteiger partial charge on any atom is -0.398 e. The van der Waals surface area contributed by atoms with Crippen molar-refractivity contribution < 1.29 is 0 Å². The average molecular weight is 352 g/mol. The Hall–Kier alpha value is -3.05. The molecule has 0 unspecified atom stereocenters. The number of nitrogen functional groups attached to an aromatic ring is 2. The number of rotatable bonds is 5. The number of benzene rings is 2. The molecule has 0 saturated carbocycles. The lowest BCUT2D eigenvalue weighted by molar-refractivity contribution is 1.14. The molecule has 0 fully saturated rings. The summed E-state index contributed by atoms with van der Waals surface area (Å²) >= 11 is 6.18. The maximum absolute atomic E-state index is 7.62. The van der Waals surface area contributed by atoms with Crippen LogP contribution in [-0.2, 0) is 6.54 Å². The van der Waals surface area contributed by atoms with Crippen molar-refractivity contribution in [1.82, 2.24) is 4.98 Å². The summed E-state index contributed by atoms with van der Waals surface area (Å²) in [6.45, 7) is 0.602. The van der Waals surface area contributed by atoms with E-state index in [-0.39, 0.29) is 5.84 Å². The van der Waals surface area contributed by atoms with E-state index in [0.29, 0.717) is 17.8 Å². The minimum atomic E-state index is -0.0553. The van der Waals surface area contributed by atoms with Gasteiger partial charge < -0.3 is 16.8 Å². The van der Waals surface area contributed by atoms with Crippen molar-refractivity contribution in [3.63, 3.8) is 0 Å². The molecule has 25 heavy (non-hydrogen) atoms. The van der Waals surface area contributed by atoms with Gasteiger partial charge in [0.15, 0.2) is 0 Å². The molecular formula is C19H18ClN5. The van der Waals surface area contributed by atoms with Crippen LogP contribution in [0.3, 0.4) is 0 Å². The summed E-state index contributed by atoms with van der Waals surface area (Å²) in [4.78, 5) is 4.28. The van der Waals surface area contributed by atoms with Gasteiger partial charge in [-0.25, -0.2) is 0 Å². The number of amidine groups is 1. The van der Waals surface area contributed by atoms with Crippen LogP contribution in [0.4, 0.5) is 11.4 Å². The first-order valence-electron chi connectivity index (χ1n) is 7.71. The molecule has 0 aliphatic carbocycles. The lowest BCUT2D eigenvalue weighted by Gasteiger charge is -2.11. The Bertz CT molecular complexity index is 923. The molecule has 6 N–H and O–H groups in total. The van der Waals surface area contributed by atoms with Crippen LogP contribution < -0.4 is 16.8 Å². The molecule has 0 aliphatic rings. The van der Waals surface area contributed by atoms with Gasteiger partial charge in [0.05, 0.1) is 5.69 Å². The number of halogens is 1. The van der Waals surface area contributed by atoms with Crippen molar-refractivity contribution in [1.29, 1.82) is 5.41 Å². The second kappa shape index (κ2) is 7.23. The van der Waals surface area contributed by atoms with Gasteiger partial charge in [0.1, 0.15) is 5.84 Å². The molecule has 0 aliphatic heterocycles. The van der Waals surface area contributed by atoms with Crippen LogP contribution in [-0.4, -0.2) is 10.8 Å². The zero-order chi connectivity index (χ0) is 17.8. The Morgan fingerprint density at radius 2 is 1.88 bits per heavy atom. The Morgan fingerprint density at radius 1 is 1.08 bits per heavy atom. The number of hydrogen-bond donors (Lipinski definition) is 4. The number of aromatic nitrogens is 1. The third-order valence-electron chi connectivity index (χ3n) is 3.86. The highest BCUT2D eigenvalue weighted by Crippen LogP contribution is 2.25. The highest BCUT2D eigenvalue weighted by molar-refractivity contribution is 6.31. The van der Waals surface area contributed by atoms with Gasteiger partial charge in [-0.05, 0) is 35.4 Å². The van der Waals surface area contributed by atoms with Crippen LogP contribution >= 0.6 is 11.6 Å². The lowest BCUT2D eigenvalue weighted by atomic mass is 10.0. The maximum Gasteiger partial charge on any atom is 0.124 e. The Morgan fingerprint density at radius 3 is 2.64 bits per heavy atom. The van der Waals surface area contributed by atoms with Crippen LogP contribution in [0.2, 0.25) is 5.02 Å². The lowest BCUT2D eigenvalue weighted by Crippen LogP contribution is -2.13. The van der Waals surface area contributed by atoms with Crippen LogP contribution in [0, 0.1) is 5.41 Å². The van der Waals surface area contributed by atoms with Crippen molar-refractivity contribution in [3.8, 4) is 11.1 Å². The highest BCUT2D eigenvalue weighted by atomic mass is 35.5. The van der Waals surface area contributed by atoms with E-state index in [1.165, 1.54) is 0 Å². The first kappa shape index (κ1) is 16.8. The number of pyridine rings is 1. The Labute approximate surface area is 151 Å². The monoisotopic (exact) mass is 351 g/mol. The van der Waals surface area contributed by atoms with Crippen LogP contribution in [0.15, 0.2) is 60.9 Å². The predicted molar refractivity (Wildman–Crippen MR) is 104 cm³/mol. The summed E-state index contributed by atoms with van der Waals surface area (Å²) in [6.07, 6.45) is 3.51. The number of nitrogens with two attached hydrogens (primary N) is 2. The minimum absolute atomic E-state index is 0.0553. The van der Waals surface area contributed by atoms with E-state index in [4.69, 9.17) is 28.5 Å². The molecule has 5 nitrogen and oxygen atoms in total. The fourth-order valence-corrected chi connectivity index (χ4v) is 2.71. The molecule has 0 atom stereocenters. The molecule has 0 spiro atoms. The summed E-state index contributed by atoms with van der Waals surface area (Å²) in [5.41, 5.74) is 16.1.